The summed E-state index contributed by atoms with van der Waals surface area (Å²) < 4.78 is 2.58. The van der Waals surface area contributed by atoms with Crippen molar-refractivity contribution in [2.45, 2.75) is 26.4 Å². The van der Waals surface area contributed by atoms with E-state index in [2.05, 4.69) is 0 Å². The summed E-state index contributed by atoms with van der Waals surface area (Å²) in [5.41, 5.74) is 0.233. The van der Waals surface area contributed by atoms with Crippen LogP contribution in [0.1, 0.15) is 30.2 Å². The summed E-state index contributed by atoms with van der Waals surface area (Å²) in [5.74, 6) is -0.170. The Morgan fingerprint density at radius 3 is 2.25 bits per heavy atom. The molecule has 5 heteroatoms. The van der Waals surface area contributed by atoms with Crippen molar-refractivity contribution in [1.82, 2.24) is 9.13 Å². The van der Waals surface area contributed by atoms with Gasteiger partial charge in [-0.05, 0) is 26.0 Å². The highest BCUT2D eigenvalue weighted by atomic mass is 16.2. The molecule has 0 aliphatic rings. The highest BCUT2D eigenvalue weighted by Crippen LogP contribution is 2.11. The summed E-state index contributed by atoms with van der Waals surface area (Å²) in [6.45, 7) is 3.46. The lowest BCUT2D eigenvalue weighted by atomic mass is 10.1. The number of benzene rings is 2. The molecular formula is C19H18N2O3. The number of hydrogen-bond donors (Lipinski definition) is 0. The van der Waals surface area contributed by atoms with E-state index in [1.807, 2.05) is 6.07 Å². The van der Waals surface area contributed by atoms with Crippen LogP contribution in [0.15, 0.2) is 64.2 Å². The second kappa shape index (κ2) is 6.28. The fraction of sp³-hybridized carbons (Fsp3) is 0.211. The summed E-state index contributed by atoms with van der Waals surface area (Å²) in [4.78, 5) is 37.9. The first-order chi connectivity index (χ1) is 11.5. The van der Waals surface area contributed by atoms with Gasteiger partial charge in [0, 0.05) is 11.6 Å². The van der Waals surface area contributed by atoms with E-state index in [1.165, 1.54) is 9.13 Å². The van der Waals surface area contributed by atoms with Crippen LogP contribution in [0.3, 0.4) is 0 Å². The standard InChI is InChI=1S/C19H18N2O3/c1-13(2)21-18(23)15-10-6-7-11-16(15)20(19(21)24)12-17(22)14-8-4-3-5-9-14/h3-11,13H,12H2,1-2H3. The van der Waals surface area contributed by atoms with Gasteiger partial charge in [0.2, 0.25) is 0 Å². The molecule has 0 aliphatic carbocycles. The first-order valence-corrected chi connectivity index (χ1v) is 7.83. The Labute approximate surface area is 138 Å². The largest absolute Gasteiger partial charge is 0.332 e. The van der Waals surface area contributed by atoms with Crippen molar-refractivity contribution in [3.05, 3.63) is 81.0 Å². The normalized spacial score (nSPS) is 11.1. The third-order valence-electron chi connectivity index (χ3n) is 3.99. The first-order valence-electron chi connectivity index (χ1n) is 7.83. The predicted octanol–water partition coefficient (Wildman–Crippen LogP) is 2.63. The molecule has 0 unspecified atom stereocenters. The molecule has 2 aromatic carbocycles. The number of nitrogens with zero attached hydrogens (tertiary/aromatic N) is 2. The van der Waals surface area contributed by atoms with Gasteiger partial charge in [-0.1, -0.05) is 42.5 Å². The number of carbonyl (C=O) groups excluding carboxylic acids is 1. The lowest BCUT2D eigenvalue weighted by Gasteiger charge is -2.15. The van der Waals surface area contributed by atoms with E-state index in [0.29, 0.717) is 16.5 Å². The summed E-state index contributed by atoms with van der Waals surface area (Å²) in [5, 5.41) is 0.437. The van der Waals surface area contributed by atoms with Crippen molar-refractivity contribution < 1.29 is 4.79 Å². The summed E-state index contributed by atoms with van der Waals surface area (Å²) in [6.07, 6.45) is 0. The van der Waals surface area contributed by atoms with Gasteiger partial charge in [-0.3, -0.25) is 18.7 Å². The van der Waals surface area contributed by atoms with E-state index >= 15 is 0 Å². The molecule has 24 heavy (non-hydrogen) atoms. The Kier molecular flexibility index (Phi) is 4.16. The molecule has 122 valence electrons. The summed E-state index contributed by atoms with van der Waals surface area (Å²) >= 11 is 0. The zero-order valence-corrected chi connectivity index (χ0v) is 13.6. The average molecular weight is 322 g/mol. The van der Waals surface area contributed by atoms with Gasteiger partial charge in [-0.2, -0.15) is 0 Å². The molecule has 1 aromatic heterocycles. The number of carbonyl (C=O) groups is 1. The second-order valence-electron chi connectivity index (χ2n) is 5.94. The number of rotatable bonds is 4. The van der Waals surface area contributed by atoms with E-state index in [0.717, 1.165) is 0 Å². The van der Waals surface area contributed by atoms with Gasteiger partial charge in [-0.25, -0.2) is 4.79 Å². The maximum absolute atomic E-state index is 12.8. The Bertz CT molecular complexity index is 1010. The molecular weight excluding hydrogens is 304 g/mol. The number of Topliss-reactive ketones (excluding diaryl/α,β-unsaturated/α-hetero) is 1. The minimum Gasteiger partial charge on any atom is -0.292 e. The van der Waals surface area contributed by atoms with Crippen molar-refractivity contribution >= 4 is 16.7 Å². The smallest absolute Gasteiger partial charge is 0.292 e. The van der Waals surface area contributed by atoms with E-state index in [1.54, 1.807) is 62.4 Å². The molecule has 0 N–H and O–H groups in total. The molecule has 0 atom stereocenters. The zero-order valence-electron chi connectivity index (χ0n) is 13.6. The zero-order chi connectivity index (χ0) is 17.3. The quantitative estimate of drug-likeness (QED) is 0.694. The first kappa shape index (κ1) is 15.9. The van der Waals surface area contributed by atoms with Crippen molar-refractivity contribution in [2.75, 3.05) is 0 Å². The fourth-order valence-corrected chi connectivity index (χ4v) is 2.81. The van der Waals surface area contributed by atoms with Crippen LogP contribution >= 0.6 is 0 Å². The van der Waals surface area contributed by atoms with E-state index < -0.39 is 5.69 Å². The van der Waals surface area contributed by atoms with Crippen LogP contribution in [0.25, 0.3) is 10.9 Å². The molecule has 0 bridgehead atoms. The predicted molar refractivity (Wildman–Crippen MR) is 93.6 cm³/mol. The van der Waals surface area contributed by atoms with Crippen LogP contribution in [0.2, 0.25) is 0 Å². The number of aromatic nitrogens is 2. The highest BCUT2D eigenvalue weighted by Gasteiger charge is 2.17. The molecule has 1 heterocycles. The molecule has 3 rings (SSSR count). The van der Waals surface area contributed by atoms with Crippen LogP contribution in [0.5, 0.6) is 0 Å². The molecule has 0 saturated carbocycles. The van der Waals surface area contributed by atoms with Crippen LogP contribution in [-0.2, 0) is 6.54 Å². The average Bonchev–Trinajstić information content (AvgIpc) is 2.59. The fourth-order valence-electron chi connectivity index (χ4n) is 2.81. The summed E-state index contributed by atoms with van der Waals surface area (Å²) in [6, 6.07) is 15.4. The van der Waals surface area contributed by atoms with Gasteiger partial charge >= 0.3 is 5.69 Å². The van der Waals surface area contributed by atoms with Crippen LogP contribution < -0.4 is 11.2 Å². The van der Waals surface area contributed by atoms with Crippen LogP contribution in [0.4, 0.5) is 0 Å². The third kappa shape index (κ3) is 2.69. The maximum atomic E-state index is 12.8. The monoisotopic (exact) mass is 322 g/mol. The van der Waals surface area contributed by atoms with Gasteiger partial charge < -0.3 is 0 Å². The minimum atomic E-state index is -0.460. The Balaban J connectivity index is 2.22. The number of para-hydroxylation sites is 1. The molecule has 0 radical (unpaired) electrons. The lowest BCUT2D eigenvalue weighted by Crippen LogP contribution is -2.42. The molecule has 0 spiro atoms. The Morgan fingerprint density at radius 2 is 1.58 bits per heavy atom. The molecule has 0 fully saturated rings. The van der Waals surface area contributed by atoms with Crippen LogP contribution in [-0.4, -0.2) is 14.9 Å². The minimum absolute atomic E-state index is 0.101. The summed E-state index contributed by atoms with van der Waals surface area (Å²) in [7, 11) is 0. The van der Waals surface area contributed by atoms with Gasteiger partial charge in [0.25, 0.3) is 5.56 Å². The van der Waals surface area contributed by atoms with Crippen molar-refractivity contribution in [3.8, 4) is 0 Å². The van der Waals surface area contributed by atoms with Gasteiger partial charge in [0.1, 0.15) is 0 Å². The van der Waals surface area contributed by atoms with E-state index in [4.69, 9.17) is 0 Å². The highest BCUT2D eigenvalue weighted by molar-refractivity contribution is 5.96. The number of fused-ring (bicyclic) bond motifs is 1. The van der Waals surface area contributed by atoms with Gasteiger partial charge in [0.15, 0.2) is 5.78 Å². The van der Waals surface area contributed by atoms with E-state index in [9.17, 15) is 14.4 Å². The molecule has 5 nitrogen and oxygen atoms in total. The maximum Gasteiger partial charge on any atom is 0.332 e. The van der Waals surface area contributed by atoms with Crippen molar-refractivity contribution in [2.24, 2.45) is 0 Å². The van der Waals surface area contributed by atoms with Gasteiger partial charge in [-0.15, -0.1) is 0 Å². The second-order valence-corrected chi connectivity index (χ2v) is 5.94. The van der Waals surface area contributed by atoms with Crippen LogP contribution in [0, 0.1) is 0 Å². The lowest BCUT2D eigenvalue weighted by molar-refractivity contribution is 0.0971. The van der Waals surface area contributed by atoms with Gasteiger partial charge in [0.05, 0.1) is 17.4 Å². The topological polar surface area (TPSA) is 61.1 Å². The Morgan fingerprint density at radius 1 is 0.958 bits per heavy atom. The van der Waals surface area contributed by atoms with E-state index in [-0.39, 0.29) is 23.9 Å². The Hall–Kier alpha value is -2.95. The van der Waals surface area contributed by atoms with Crippen molar-refractivity contribution in [1.29, 1.82) is 0 Å². The molecule has 0 amide bonds. The number of hydrogen-bond acceptors (Lipinski definition) is 3. The molecule has 0 saturated heterocycles. The molecule has 3 aromatic rings. The SMILES string of the molecule is CC(C)n1c(=O)c2ccccc2n(CC(=O)c2ccccc2)c1=O. The molecule has 0 aliphatic heterocycles. The number of ketones is 1. The van der Waals surface area contributed by atoms with Crippen molar-refractivity contribution in [3.63, 3.8) is 0 Å². The third-order valence-corrected chi connectivity index (χ3v) is 3.99.